The van der Waals surface area contributed by atoms with E-state index in [4.69, 9.17) is 4.74 Å². The van der Waals surface area contributed by atoms with Gasteiger partial charge >= 0.3 is 0 Å². The van der Waals surface area contributed by atoms with Crippen molar-refractivity contribution in [3.63, 3.8) is 0 Å². The number of hydrogen-bond acceptors (Lipinski definition) is 5. The van der Waals surface area contributed by atoms with Crippen LogP contribution in [-0.4, -0.2) is 29.2 Å². The Balaban J connectivity index is 2.68. The molecule has 0 aromatic carbocycles. The van der Waals surface area contributed by atoms with Crippen LogP contribution in [0.5, 0.6) is 0 Å². The van der Waals surface area contributed by atoms with Crippen LogP contribution in [0.25, 0.3) is 0 Å². The van der Waals surface area contributed by atoms with Crippen molar-refractivity contribution in [3.8, 4) is 0 Å². The number of hydrogen-bond donors (Lipinski definition) is 1. The van der Waals surface area contributed by atoms with E-state index in [1.165, 1.54) is 18.3 Å². The number of nitrogens with zero attached hydrogens (tertiary/aromatic N) is 2. The summed E-state index contributed by atoms with van der Waals surface area (Å²) in [4.78, 5) is 14.1. The standard InChI is InChI=1S/C10H15N3O3/c1-10(2,16-3)7-12-9-6-8(13(14)15)4-5-11-9/h4-6H,7H2,1-3H3,(H,11,12). The second-order valence-electron chi connectivity index (χ2n) is 3.97. The lowest BCUT2D eigenvalue weighted by molar-refractivity contribution is -0.384. The highest BCUT2D eigenvalue weighted by Gasteiger charge is 2.16. The summed E-state index contributed by atoms with van der Waals surface area (Å²) in [6.45, 7) is 4.35. The number of aromatic nitrogens is 1. The number of rotatable bonds is 5. The normalized spacial score (nSPS) is 11.2. The van der Waals surface area contributed by atoms with Gasteiger partial charge in [-0.25, -0.2) is 4.98 Å². The van der Waals surface area contributed by atoms with E-state index < -0.39 is 4.92 Å². The second-order valence-corrected chi connectivity index (χ2v) is 3.97. The molecule has 0 saturated carbocycles. The first-order valence-electron chi connectivity index (χ1n) is 4.84. The van der Waals surface area contributed by atoms with Crippen LogP contribution in [-0.2, 0) is 4.74 Å². The third kappa shape index (κ3) is 3.47. The van der Waals surface area contributed by atoms with Crippen molar-refractivity contribution in [2.24, 2.45) is 0 Å². The van der Waals surface area contributed by atoms with E-state index in [9.17, 15) is 10.1 Å². The Morgan fingerprint density at radius 3 is 2.88 bits per heavy atom. The molecule has 0 unspecified atom stereocenters. The molecule has 88 valence electrons. The molecule has 0 bridgehead atoms. The van der Waals surface area contributed by atoms with Crippen molar-refractivity contribution in [2.45, 2.75) is 19.4 Å². The predicted molar refractivity (Wildman–Crippen MR) is 60.5 cm³/mol. The van der Waals surface area contributed by atoms with Crippen molar-refractivity contribution in [1.82, 2.24) is 4.98 Å². The average Bonchev–Trinajstić information content (AvgIpc) is 2.27. The first kappa shape index (κ1) is 12.4. The summed E-state index contributed by atoms with van der Waals surface area (Å²) in [6, 6.07) is 2.75. The van der Waals surface area contributed by atoms with E-state index in [1.54, 1.807) is 7.11 Å². The van der Waals surface area contributed by atoms with Crippen LogP contribution in [0, 0.1) is 10.1 Å². The van der Waals surface area contributed by atoms with E-state index >= 15 is 0 Å². The summed E-state index contributed by atoms with van der Waals surface area (Å²) in [7, 11) is 1.61. The van der Waals surface area contributed by atoms with Gasteiger partial charge in [0, 0.05) is 25.9 Å². The highest BCUT2D eigenvalue weighted by molar-refractivity contribution is 5.44. The fourth-order valence-corrected chi connectivity index (χ4v) is 1.01. The molecular weight excluding hydrogens is 210 g/mol. The van der Waals surface area contributed by atoms with Gasteiger partial charge in [0.2, 0.25) is 0 Å². The van der Waals surface area contributed by atoms with Gasteiger partial charge in [-0.15, -0.1) is 0 Å². The van der Waals surface area contributed by atoms with Gasteiger partial charge < -0.3 is 10.1 Å². The smallest absolute Gasteiger partial charge is 0.274 e. The summed E-state index contributed by atoms with van der Waals surface area (Å²) in [6.07, 6.45) is 1.40. The highest BCUT2D eigenvalue weighted by Crippen LogP contribution is 2.15. The maximum Gasteiger partial charge on any atom is 0.274 e. The third-order valence-corrected chi connectivity index (χ3v) is 2.20. The molecule has 0 atom stereocenters. The van der Waals surface area contributed by atoms with Gasteiger partial charge in [-0.3, -0.25) is 10.1 Å². The van der Waals surface area contributed by atoms with Crippen molar-refractivity contribution in [1.29, 1.82) is 0 Å². The minimum absolute atomic E-state index is 0.0210. The van der Waals surface area contributed by atoms with Gasteiger partial charge in [-0.1, -0.05) is 0 Å². The van der Waals surface area contributed by atoms with Gasteiger partial charge in [-0.2, -0.15) is 0 Å². The van der Waals surface area contributed by atoms with Crippen molar-refractivity contribution in [2.75, 3.05) is 19.0 Å². The van der Waals surface area contributed by atoms with E-state index in [0.717, 1.165) is 0 Å². The lowest BCUT2D eigenvalue weighted by Gasteiger charge is -2.23. The molecule has 1 N–H and O–H groups in total. The Kier molecular flexibility index (Phi) is 3.78. The van der Waals surface area contributed by atoms with E-state index in [0.29, 0.717) is 12.4 Å². The molecule has 0 saturated heterocycles. The van der Waals surface area contributed by atoms with Crippen LogP contribution < -0.4 is 5.32 Å². The van der Waals surface area contributed by atoms with Gasteiger partial charge in [0.25, 0.3) is 5.69 Å². The lowest BCUT2D eigenvalue weighted by atomic mass is 10.1. The summed E-state index contributed by atoms with van der Waals surface area (Å²) >= 11 is 0. The summed E-state index contributed by atoms with van der Waals surface area (Å²) in [5.74, 6) is 0.472. The second kappa shape index (κ2) is 4.89. The Hall–Kier alpha value is -1.69. The molecule has 1 rings (SSSR count). The fraction of sp³-hybridized carbons (Fsp3) is 0.500. The zero-order valence-electron chi connectivity index (χ0n) is 9.56. The molecule has 0 amide bonds. The summed E-state index contributed by atoms with van der Waals surface area (Å²) in [5, 5.41) is 13.5. The zero-order valence-corrected chi connectivity index (χ0v) is 9.56. The number of pyridine rings is 1. The molecule has 0 fully saturated rings. The first-order chi connectivity index (χ1) is 7.44. The number of anilines is 1. The maximum absolute atomic E-state index is 10.5. The molecule has 6 nitrogen and oxygen atoms in total. The summed E-state index contributed by atoms with van der Waals surface area (Å²) < 4.78 is 5.21. The molecule has 0 aliphatic carbocycles. The Labute approximate surface area is 93.8 Å². The molecule has 0 aliphatic rings. The molecule has 0 spiro atoms. The zero-order chi connectivity index (χ0) is 12.2. The van der Waals surface area contributed by atoms with E-state index in [-0.39, 0.29) is 11.3 Å². The molecule has 0 radical (unpaired) electrons. The molecule has 16 heavy (non-hydrogen) atoms. The molecule has 6 heteroatoms. The van der Waals surface area contributed by atoms with E-state index in [2.05, 4.69) is 10.3 Å². The van der Waals surface area contributed by atoms with E-state index in [1.807, 2.05) is 13.8 Å². The maximum atomic E-state index is 10.5. The van der Waals surface area contributed by atoms with Crippen LogP contribution in [0.2, 0.25) is 0 Å². The Morgan fingerprint density at radius 1 is 1.62 bits per heavy atom. The van der Waals surface area contributed by atoms with Crippen LogP contribution in [0.1, 0.15) is 13.8 Å². The Bertz CT molecular complexity index is 379. The summed E-state index contributed by atoms with van der Waals surface area (Å²) in [5.41, 5.74) is -0.320. The van der Waals surface area contributed by atoms with Crippen molar-refractivity contribution in [3.05, 3.63) is 28.4 Å². The van der Waals surface area contributed by atoms with Crippen LogP contribution in [0.15, 0.2) is 18.3 Å². The first-order valence-corrected chi connectivity index (χ1v) is 4.84. The Morgan fingerprint density at radius 2 is 2.31 bits per heavy atom. The van der Waals surface area contributed by atoms with Crippen molar-refractivity contribution >= 4 is 11.5 Å². The largest absolute Gasteiger partial charge is 0.377 e. The highest BCUT2D eigenvalue weighted by atomic mass is 16.6. The molecule has 1 aromatic rings. The number of nitrogens with one attached hydrogen (secondary N) is 1. The predicted octanol–water partition coefficient (Wildman–Crippen LogP) is 1.83. The van der Waals surface area contributed by atoms with Crippen LogP contribution >= 0.6 is 0 Å². The SMILES string of the molecule is COC(C)(C)CNc1cc([N+](=O)[O-])ccn1. The van der Waals surface area contributed by atoms with Gasteiger partial charge in [-0.05, 0) is 13.8 Å². The average molecular weight is 225 g/mol. The monoisotopic (exact) mass is 225 g/mol. The van der Waals surface area contributed by atoms with Gasteiger partial charge in [0.15, 0.2) is 0 Å². The van der Waals surface area contributed by atoms with Crippen LogP contribution in [0.4, 0.5) is 11.5 Å². The number of nitro groups is 1. The number of ether oxygens (including phenoxy) is 1. The van der Waals surface area contributed by atoms with Gasteiger partial charge in [0.05, 0.1) is 16.6 Å². The van der Waals surface area contributed by atoms with Gasteiger partial charge in [0.1, 0.15) is 5.82 Å². The minimum atomic E-state index is -0.450. The number of methoxy groups -OCH3 is 1. The topological polar surface area (TPSA) is 77.3 Å². The third-order valence-electron chi connectivity index (χ3n) is 2.20. The van der Waals surface area contributed by atoms with Crippen LogP contribution in [0.3, 0.4) is 0 Å². The molecule has 1 aromatic heterocycles. The molecule has 0 aliphatic heterocycles. The molecular formula is C10H15N3O3. The molecule has 1 heterocycles. The quantitative estimate of drug-likeness (QED) is 0.611. The van der Waals surface area contributed by atoms with Crippen molar-refractivity contribution < 1.29 is 9.66 Å². The minimum Gasteiger partial charge on any atom is -0.377 e. The fourth-order valence-electron chi connectivity index (χ4n) is 1.01. The lowest BCUT2D eigenvalue weighted by Crippen LogP contribution is -2.32.